The van der Waals surface area contributed by atoms with Gasteiger partial charge in [-0.2, -0.15) is 0 Å². The van der Waals surface area contributed by atoms with Gasteiger partial charge in [0.15, 0.2) is 0 Å². The highest BCUT2D eigenvalue weighted by atomic mass is 35.5. The Balaban J connectivity index is 2.31. The van der Waals surface area contributed by atoms with E-state index >= 15 is 0 Å². The summed E-state index contributed by atoms with van der Waals surface area (Å²) in [5, 5.41) is 3.38. The number of rotatable bonds is 2. The molecule has 0 aliphatic rings. The van der Waals surface area contributed by atoms with Gasteiger partial charge in [0.25, 0.3) is 5.91 Å². The van der Waals surface area contributed by atoms with E-state index in [-0.39, 0.29) is 21.6 Å². The van der Waals surface area contributed by atoms with E-state index in [1.54, 1.807) is 0 Å². The van der Waals surface area contributed by atoms with Gasteiger partial charge in [0.05, 0.1) is 15.7 Å². The molecule has 0 atom stereocenters. The zero-order valence-electron chi connectivity index (χ0n) is 11.1. The third-order valence-electron chi connectivity index (χ3n) is 3.19. The molecule has 0 radical (unpaired) electrons. The van der Waals surface area contributed by atoms with Crippen molar-refractivity contribution in [2.24, 2.45) is 0 Å². The van der Waals surface area contributed by atoms with Gasteiger partial charge in [0, 0.05) is 11.3 Å². The minimum atomic E-state index is -0.275. The lowest BCUT2D eigenvalue weighted by Crippen LogP contribution is -2.13. The van der Waals surface area contributed by atoms with Gasteiger partial charge >= 0.3 is 0 Å². The van der Waals surface area contributed by atoms with E-state index in [1.807, 2.05) is 32.0 Å². The lowest BCUT2D eigenvalue weighted by atomic mass is 10.1. The molecule has 2 aromatic rings. The topological polar surface area (TPSA) is 55.1 Å². The van der Waals surface area contributed by atoms with Crippen molar-refractivity contribution in [3.8, 4) is 0 Å². The summed E-state index contributed by atoms with van der Waals surface area (Å²) in [6.45, 7) is 3.94. The number of anilines is 2. The van der Waals surface area contributed by atoms with Crippen molar-refractivity contribution in [3.05, 3.63) is 57.1 Å². The number of carbonyl (C=O) groups is 1. The van der Waals surface area contributed by atoms with Crippen molar-refractivity contribution in [2.75, 3.05) is 11.1 Å². The summed E-state index contributed by atoms with van der Waals surface area (Å²) in [5.74, 6) is -0.275. The maximum Gasteiger partial charge on any atom is 0.255 e. The first-order chi connectivity index (χ1) is 9.40. The molecule has 0 bridgehead atoms. The van der Waals surface area contributed by atoms with Crippen molar-refractivity contribution in [1.82, 2.24) is 0 Å². The van der Waals surface area contributed by atoms with E-state index in [2.05, 4.69) is 5.32 Å². The van der Waals surface area contributed by atoms with E-state index < -0.39 is 0 Å². The van der Waals surface area contributed by atoms with Crippen LogP contribution in [0.15, 0.2) is 30.3 Å². The quantitative estimate of drug-likeness (QED) is 0.806. The number of nitrogen functional groups attached to an aromatic ring is 1. The van der Waals surface area contributed by atoms with Gasteiger partial charge in [-0.25, -0.2) is 0 Å². The predicted octanol–water partition coefficient (Wildman–Crippen LogP) is 4.44. The fourth-order valence-corrected chi connectivity index (χ4v) is 2.28. The number of aryl methyl sites for hydroxylation is 1. The monoisotopic (exact) mass is 308 g/mol. The normalized spacial score (nSPS) is 10.4. The van der Waals surface area contributed by atoms with E-state index in [0.717, 1.165) is 16.8 Å². The van der Waals surface area contributed by atoms with Crippen LogP contribution in [0.3, 0.4) is 0 Å². The van der Waals surface area contributed by atoms with E-state index in [4.69, 9.17) is 28.9 Å². The fourth-order valence-electron chi connectivity index (χ4n) is 1.80. The Morgan fingerprint density at radius 1 is 1.15 bits per heavy atom. The summed E-state index contributed by atoms with van der Waals surface area (Å²) < 4.78 is 0. The molecule has 104 valence electrons. The first-order valence-electron chi connectivity index (χ1n) is 6.02. The van der Waals surface area contributed by atoms with Crippen LogP contribution in [0.2, 0.25) is 10.0 Å². The Morgan fingerprint density at radius 2 is 1.75 bits per heavy atom. The molecule has 2 rings (SSSR count). The minimum absolute atomic E-state index is 0.267. The molecule has 3 nitrogen and oxygen atoms in total. The lowest BCUT2D eigenvalue weighted by Gasteiger charge is -2.11. The molecule has 20 heavy (non-hydrogen) atoms. The minimum Gasteiger partial charge on any atom is -0.396 e. The van der Waals surface area contributed by atoms with Gasteiger partial charge < -0.3 is 11.1 Å². The first kappa shape index (κ1) is 14.7. The average molecular weight is 309 g/mol. The van der Waals surface area contributed by atoms with Crippen molar-refractivity contribution in [3.63, 3.8) is 0 Å². The van der Waals surface area contributed by atoms with Crippen LogP contribution in [0.4, 0.5) is 11.4 Å². The van der Waals surface area contributed by atoms with Gasteiger partial charge in [-0.05, 0) is 43.2 Å². The second kappa shape index (κ2) is 5.73. The number of nitrogens with two attached hydrogens (primary N) is 1. The second-order valence-corrected chi connectivity index (χ2v) is 5.37. The van der Waals surface area contributed by atoms with Gasteiger partial charge in [-0.1, -0.05) is 35.3 Å². The molecule has 0 saturated carbocycles. The summed E-state index contributed by atoms with van der Waals surface area (Å²) in [4.78, 5) is 12.2. The maximum absolute atomic E-state index is 12.2. The SMILES string of the molecule is Cc1cccc(NC(=O)c2cc(Cl)c(N)c(Cl)c2)c1C. The third kappa shape index (κ3) is 2.89. The summed E-state index contributed by atoms with van der Waals surface area (Å²) in [5.41, 5.74) is 9.19. The summed E-state index contributed by atoms with van der Waals surface area (Å²) in [6.07, 6.45) is 0. The van der Waals surface area contributed by atoms with Gasteiger partial charge in [0.1, 0.15) is 0 Å². The van der Waals surface area contributed by atoms with Gasteiger partial charge in [-0.15, -0.1) is 0 Å². The number of hydrogen-bond donors (Lipinski definition) is 2. The molecule has 0 aliphatic carbocycles. The fraction of sp³-hybridized carbons (Fsp3) is 0.133. The van der Waals surface area contributed by atoms with Crippen molar-refractivity contribution < 1.29 is 4.79 Å². The number of carbonyl (C=O) groups excluding carboxylic acids is 1. The predicted molar refractivity (Wildman–Crippen MR) is 84.7 cm³/mol. The largest absolute Gasteiger partial charge is 0.396 e. The Kier molecular flexibility index (Phi) is 4.21. The number of amides is 1. The average Bonchev–Trinajstić information content (AvgIpc) is 2.40. The van der Waals surface area contributed by atoms with Crippen molar-refractivity contribution in [2.45, 2.75) is 13.8 Å². The van der Waals surface area contributed by atoms with Crippen LogP contribution in [-0.4, -0.2) is 5.91 Å². The van der Waals surface area contributed by atoms with Crippen LogP contribution >= 0.6 is 23.2 Å². The summed E-state index contributed by atoms with van der Waals surface area (Å²) >= 11 is 11.9. The lowest BCUT2D eigenvalue weighted by molar-refractivity contribution is 0.102. The Labute approximate surface area is 127 Å². The van der Waals surface area contributed by atoms with Crippen LogP contribution in [0.1, 0.15) is 21.5 Å². The highest BCUT2D eigenvalue weighted by Gasteiger charge is 2.12. The maximum atomic E-state index is 12.2. The smallest absolute Gasteiger partial charge is 0.255 e. The highest BCUT2D eigenvalue weighted by Crippen LogP contribution is 2.29. The number of nitrogens with one attached hydrogen (secondary N) is 1. The zero-order valence-corrected chi connectivity index (χ0v) is 12.6. The molecule has 0 saturated heterocycles. The van der Waals surface area contributed by atoms with Crippen molar-refractivity contribution >= 4 is 40.5 Å². The number of halogens is 2. The van der Waals surface area contributed by atoms with E-state index in [0.29, 0.717) is 5.56 Å². The molecule has 0 aliphatic heterocycles. The summed E-state index contributed by atoms with van der Waals surface area (Å²) in [6, 6.07) is 8.73. The molecular formula is C15H14Cl2N2O. The number of benzene rings is 2. The zero-order chi connectivity index (χ0) is 14.9. The van der Waals surface area contributed by atoms with E-state index in [1.165, 1.54) is 12.1 Å². The Morgan fingerprint density at radius 3 is 2.35 bits per heavy atom. The summed E-state index contributed by atoms with van der Waals surface area (Å²) in [7, 11) is 0. The molecule has 0 aromatic heterocycles. The van der Waals surface area contributed by atoms with Crippen LogP contribution < -0.4 is 11.1 Å². The Bertz CT molecular complexity index is 661. The second-order valence-electron chi connectivity index (χ2n) is 4.56. The standard InChI is InChI=1S/C15H14Cl2N2O/c1-8-4-3-5-13(9(8)2)19-15(20)10-6-11(16)14(18)12(17)7-10/h3-7H,18H2,1-2H3,(H,19,20). The third-order valence-corrected chi connectivity index (χ3v) is 3.82. The van der Waals surface area contributed by atoms with Crippen molar-refractivity contribution in [1.29, 1.82) is 0 Å². The molecule has 2 aromatic carbocycles. The van der Waals surface area contributed by atoms with E-state index in [9.17, 15) is 4.79 Å². The van der Waals surface area contributed by atoms with Gasteiger partial charge in [0.2, 0.25) is 0 Å². The molecule has 0 fully saturated rings. The molecule has 1 amide bonds. The molecule has 0 heterocycles. The number of hydrogen-bond acceptors (Lipinski definition) is 2. The van der Waals surface area contributed by atoms with Crippen LogP contribution in [0.25, 0.3) is 0 Å². The van der Waals surface area contributed by atoms with Crippen LogP contribution in [0.5, 0.6) is 0 Å². The molecule has 0 spiro atoms. The van der Waals surface area contributed by atoms with Gasteiger partial charge in [-0.3, -0.25) is 4.79 Å². The molecule has 5 heteroatoms. The Hall–Kier alpha value is -1.71. The van der Waals surface area contributed by atoms with Crippen LogP contribution in [0, 0.1) is 13.8 Å². The first-order valence-corrected chi connectivity index (χ1v) is 6.78. The molecule has 0 unspecified atom stereocenters. The molecular weight excluding hydrogens is 295 g/mol. The highest BCUT2D eigenvalue weighted by molar-refractivity contribution is 6.39. The van der Waals surface area contributed by atoms with Crippen LogP contribution in [-0.2, 0) is 0 Å². The molecule has 3 N–H and O–H groups in total.